The third-order valence-corrected chi connectivity index (χ3v) is 2.07. The van der Waals surface area contributed by atoms with Crippen LogP contribution in [0.2, 0.25) is 0 Å². The van der Waals surface area contributed by atoms with Crippen LogP contribution in [0, 0.1) is 0 Å². The quantitative estimate of drug-likeness (QED) is 0.531. The van der Waals surface area contributed by atoms with E-state index in [9.17, 15) is 4.79 Å². The Morgan fingerprint density at radius 3 is 2.69 bits per heavy atom. The number of carbonyl (C=O) groups excluding carboxylic acids is 1. The molecule has 0 aromatic heterocycles. The van der Waals surface area contributed by atoms with Crippen LogP contribution in [0.15, 0.2) is 36.5 Å². The molecule has 0 bridgehead atoms. The summed E-state index contributed by atoms with van der Waals surface area (Å²) in [6.45, 7) is 7.80. The molecule has 3 nitrogen and oxygen atoms in total. The molecule has 0 aromatic rings. The highest BCUT2D eigenvalue weighted by Crippen LogP contribution is 2.09. The van der Waals surface area contributed by atoms with Crippen LogP contribution in [0.5, 0.6) is 0 Å². The van der Waals surface area contributed by atoms with Gasteiger partial charge in [-0.25, -0.2) is 0 Å². The van der Waals surface area contributed by atoms with Crippen LogP contribution in [0.1, 0.15) is 20.3 Å². The van der Waals surface area contributed by atoms with Gasteiger partial charge in [-0.3, -0.25) is 4.79 Å². The van der Waals surface area contributed by atoms with Gasteiger partial charge in [0.05, 0.1) is 6.61 Å². The highest BCUT2D eigenvalue weighted by molar-refractivity contribution is 5.76. The maximum Gasteiger partial charge on any atom is 0.323 e. The highest BCUT2D eigenvalue weighted by Gasteiger charge is 2.17. The SMILES string of the molecule is C=C/C=C(\C=C/C)CC(NC)C(=O)OCC. The number of rotatable bonds is 7. The molecule has 0 radical (unpaired) electrons. The molecule has 0 saturated heterocycles. The Bertz CT molecular complexity index is 280. The Kier molecular flexibility index (Phi) is 8.17. The van der Waals surface area contributed by atoms with Crippen molar-refractivity contribution < 1.29 is 9.53 Å². The van der Waals surface area contributed by atoms with E-state index < -0.39 is 0 Å². The van der Waals surface area contributed by atoms with E-state index in [1.807, 2.05) is 25.2 Å². The summed E-state index contributed by atoms with van der Waals surface area (Å²) in [5.41, 5.74) is 1.05. The van der Waals surface area contributed by atoms with Crippen molar-refractivity contribution in [2.75, 3.05) is 13.7 Å². The van der Waals surface area contributed by atoms with Gasteiger partial charge in [0.1, 0.15) is 6.04 Å². The maximum atomic E-state index is 11.6. The van der Waals surface area contributed by atoms with Crippen LogP contribution in [0.4, 0.5) is 0 Å². The molecular weight excluding hydrogens is 202 g/mol. The first-order chi connectivity index (χ1) is 7.69. The second-order valence-corrected chi connectivity index (χ2v) is 3.27. The lowest BCUT2D eigenvalue weighted by atomic mass is 10.1. The third kappa shape index (κ3) is 5.51. The first kappa shape index (κ1) is 14.6. The number of hydrogen-bond donors (Lipinski definition) is 1. The van der Waals surface area contributed by atoms with E-state index in [1.54, 1.807) is 20.0 Å². The monoisotopic (exact) mass is 223 g/mol. The molecule has 0 aliphatic heterocycles. The fourth-order valence-corrected chi connectivity index (χ4v) is 1.34. The first-order valence-corrected chi connectivity index (χ1v) is 5.47. The fraction of sp³-hybridized carbons (Fsp3) is 0.462. The van der Waals surface area contributed by atoms with Crippen molar-refractivity contribution in [2.45, 2.75) is 26.3 Å². The molecule has 1 N–H and O–H groups in total. The number of esters is 1. The Morgan fingerprint density at radius 1 is 1.56 bits per heavy atom. The Hall–Kier alpha value is -1.35. The van der Waals surface area contributed by atoms with Crippen molar-refractivity contribution in [1.82, 2.24) is 5.32 Å². The molecule has 0 heterocycles. The molecule has 16 heavy (non-hydrogen) atoms. The molecule has 0 spiro atoms. The number of likely N-dealkylation sites (N-methyl/N-ethyl adjacent to an activating group) is 1. The normalized spacial score (nSPS) is 13.8. The zero-order chi connectivity index (χ0) is 12.4. The zero-order valence-electron chi connectivity index (χ0n) is 10.3. The summed E-state index contributed by atoms with van der Waals surface area (Å²) in [5.74, 6) is -0.218. The predicted molar refractivity (Wildman–Crippen MR) is 67.2 cm³/mol. The van der Waals surface area contributed by atoms with E-state index in [0.29, 0.717) is 13.0 Å². The van der Waals surface area contributed by atoms with Crippen molar-refractivity contribution in [3.05, 3.63) is 36.5 Å². The average Bonchev–Trinajstić information content (AvgIpc) is 2.26. The fourth-order valence-electron chi connectivity index (χ4n) is 1.34. The van der Waals surface area contributed by atoms with Crippen molar-refractivity contribution in [3.8, 4) is 0 Å². The predicted octanol–water partition coefficient (Wildman–Crippen LogP) is 2.22. The molecule has 0 fully saturated rings. The van der Waals surface area contributed by atoms with Gasteiger partial charge in [0, 0.05) is 0 Å². The average molecular weight is 223 g/mol. The number of carbonyl (C=O) groups is 1. The van der Waals surface area contributed by atoms with E-state index >= 15 is 0 Å². The molecule has 0 saturated carbocycles. The standard InChI is InChI=1S/C13H21NO2/c1-5-8-11(9-6-2)10-12(14-4)13(15)16-7-3/h5-6,8-9,12,14H,1,7,10H2,2-4H3/b9-6-,11-8+. The van der Waals surface area contributed by atoms with Gasteiger partial charge < -0.3 is 10.1 Å². The number of nitrogens with one attached hydrogen (secondary N) is 1. The van der Waals surface area contributed by atoms with Gasteiger partial charge in [-0.1, -0.05) is 30.9 Å². The van der Waals surface area contributed by atoms with Gasteiger partial charge in [-0.05, 0) is 32.9 Å². The molecule has 1 unspecified atom stereocenters. The van der Waals surface area contributed by atoms with Crippen molar-refractivity contribution in [2.24, 2.45) is 0 Å². The van der Waals surface area contributed by atoms with Crippen LogP contribution in [-0.4, -0.2) is 25.7 Å². The minimum absolute atomic E-state index is 0.218. The van der Waals surface area contributed by atoms with Gasteiger partial charge in [-0.2, -0.15) is 0 Å². The van der Waals surface area contributed by atoms with E-state index in [2.05, 4.69) is 11.9 Å². The topological polar surface area (TPSA) is 38.3 Å². The molecular formula is C13H21NO2. The molecule has 3 heteroatoms. The summed E-state index contributed by atoms with van der Waals surface area (Å²) in [7, 11) is 1.75. The van der Waals surface area contributed by atoms with Gasteiger partial charge >= 0.3 is 5.97 Å². The summed E-state index contributed by atoms with van der Waals surface area (Å²) in [6, 6.07) is -0.303. The van der Waals surface area contributed by atoms with E-state index in [-0.39, 0.29) is 12.0 Å². The van der Waals surface area contributed by atoms with Gasteiger partial charge in [0.25, 0.3) is 0 Å². The van der Waals surface area contributed by atoms with E-state index in [1.165, 1.54) is 0 Å². The lowest BCUT2D eigenvalue weighted by Gasteiger charge is -2.14. The molecule has 0 aliphatic rings. The second-order valence-electron chi connectivity index (χ2n) is 3.27. The Balaban J connectivity index is 4.55. The summed E-state index contributed by atoms with van der Waals surface area (Å²) >= 11 is 0. The smallest absolute Gasteiger partial charge is 0.323 e. The van der Waals surface area contributed by atoms with Crippen LogP contribution in [-0.2, 0) is 9.53 Å². The van der Waals surface area contributed by atoms with Crippen LogP contribution >= 0.6 is 0 Å². The molecule has 1 atom stereocenters. The van der Waals surface area contributed by atoms with Crippen molar-refractivity contribution in [1.29, 1.82) is 0 Å². The lowest BCUT2D eigenvalue weighted by Crippen LogP contribution is -2.35. The molecule has 0 rings (SSSR count). The number of allylic oxidation sites excluding steroid dienone is 4. The minimum Gasteiger partial charge on any atom is -0.465 e. The minimum atomic E-state index is -0.303. The molecule has 0 amide bonds. The second kappa shape index (κ2) is 8.92. The van der Waals surface area contributed by atoms with Crippen molar-refractivity contribution in [3.63, 3.8) is 0 Å². The van der Waals surface area contributed by atoms with E-state index in [0.717, 1.165) is 5.57 Å². The van der Waals surface area contributed by atoms with Crippen LogP contribution in [0.3, 0.4) is 0 Å². The highest BCUT2D eigenvalue weighted by atomic mass is 16.5. The molecule has 90 valence electrons. The van der Waals surface area contributed by atoms with Crippen LogP contribution in [0.25, 0.3) is 0 Å². The number of hydrogen-bond acceptors (Lipinski definition) is 3. The van der Waals surface area contributed by atoms with Crippen molar-refractivity contribution >= 4 is 5.97 Å². The summed E-state index contributed by atoms with van der Waals surface area (Å²) in [5, 5.41) is 2.95. The first-order valence-electron chi connectivity index (χ1n) is 5.47. The van der Waals surface area contributed by atoms with Gasteiger partial charge in [0.15, 0.2) is 0 Å². The molecule has 0 aromatic carbocycles. The third-order valence-electron chi connectivity index (χ3n) is 2.07. The summed E-state index contributed by atoms with van der Waals surface area (Å²) in [4.78, 5) is 11.6. The maximum absolute atomic E-state index is 11.6. The van der Waals surface area contributed by atoms with Gasteiger partial charge in [-0.15, -0.1) is 0 Å². The zero-order valence-corrected chi connectivity index (χ0v) is 10.3. The summed E-state index contributed by atoms with van der Waals surface area (Å²) < 4.78 is 4.97. The number of ether oxygens (including phenoxy) is 1. The summed E-state index contributed by atoms with van der Waals surface area (Å²) in [6.07, 6.45) is 8.11. The van der Waals surface area contributed by atoms with E-state index in [4.69, 9.17) is 4.74 Å². The Labute approximate surface area is 97.9 Å². The molecule has 0 aliphatic carbocycles. The van der Waals surface area contributed by atoms with Crippen LogP contribution < -0.4 is 5.32 Å². The lowest BCUT2D eigenvalue weighted by molar-refractivity contribution is -0.145. The van der Waals surface area contributed by atoms with Gasteiger partial charge in [0.2, 0.25) is 0 Å². The Morgan fingerprint density at radius 2 is 2.25 bits per heavy atom. The largest absolute Gasteiger partial charge is 0.465 e.